The zero-order chi connectivity index (χ0) is 16.1. The molecule has 0 unspecified atom stereocenters. The average Bonchev–Trinajstić information content (AvgIpc) is 2.97. The van der Waals surface area contributed by atoms with E-state index >= 15 is 0 Å². The molecule has 1 heterocycles. The molecule has 1 aromatic carbocycles. The Morgan fingerprint density at radius 3 is 2.83 bits per heavy atom. The van der Waals surface area contributed by atoms with E-state index in [2.05, 4.69) is 35.1 Å². The number of hydrogen-bond donors (Lipinski definition) is 1. The van der Waals surface area contributed by atoms with Gasteiger partial charge in [-0.1, -0.05) is 50.1 Å². The molecule has 3 rings (SSSR count). The molecule has 0 bridgehead atoms. The van der Waals surface area contributed by atoms with Crippen LogP contribution in [0, 0.1) is 5.92 Å². The second-order valence-corrected chi connectivity index (χ2v) is 6.65. The maximum Gasteiger partial charge on any atom is 0.212 e. The number of nitrogens with one attached hydrogen (secondary N) is 1. The summed E-state index contributed by atoms with van der Waals surface area (Å²) in [5, 5.41) is 7.98. The fourth-order valence-electron chi connectivity index (χ4n) is 3.42. The Morgan fingerprint density at radius 2 is 2.09 bits per heavy atom. The topological polar surface area (TPSA) is 39.1 Å². The lowest BCUT2D eigenvalue weighted by Crippen LogP contribution is -2.20. The third kappa shape index (κ3) is 4.14. The van der Waals surface area contributed by atoms with Crippen LogP contribution in [0.5, 0.6) is 5.88 Å². The Hall–Kier alpha value is -1.81. The van der Waals surface area contributed by atoms with E-state index in [-0.39, 0.29) is 0 Å². The quantitative estimate of drug-likeness (QED) is 0.878. The highest BCUT2D eigenvalue weighted by Crippen LogP contribution is 2.34. The molecule has 2 atom stereocenters. The molecule has 0 aliphatic heterocycles. The molecule has 0 amide bonds. The van der Waals surface area contributed by atoms with Gasteiger partial charge < -0.3 is 10.1 Å². The fourth-order valence-corrected chi connectivity index (χ4v) is 3.42. The Morgan fingerprint density at radius 1 is 1.26 bits per heavy atom. The van der Waals surface area contributed by atoms with Crippen molar-refractivity contribution in [2.75, 3.05) is 7.05 Å². The summed E-state index contributed by atoms with van der Waals surface area (Å²) in [6.07, 6.45) is 5.02. The van der Waals surface area contributed by atoms with E-state index < -0.39 is 0 Å². The number of hydrogen-bond acceptors (Lipinski definition) is 3. The van der Waals surface area contributed by atoms with Crippen LogP contribution < -0.4 is 10.1 Å². The minimum Gasteiger partial charge on any atom is -0.473 e. The first-order chi connectivity index (χ1) is 11.3. The van der Waals surface area contributed by atoms with Crippen LogP contribution in [0.3, 0.4) is 0 Å². The summed E-state index contributed by atoms with van der Waals surface area (Å²) < 4.78 is 8.24. The van der Waals surface area contributed by atoms with Crippen molar-refractivity contribution in [3.8, 4) is 5.88 Å². The van der Waals surface area contributed by atoms with Gasteiger partial charge in [-0.25, -0.2) is 4.68 Å². The normalized spacial score (nSPS) is 21.3. The van der Waals surface area contributed by atoms with Crippen LogP contribution in [0.25, 0.3) is 0 Å². The fraction of sp³-hybridized carbons (Fsp3) is 0.526. The van der Waals surface area contributed by atoms with E-state index in [0.717, 1.165) is 24.0 Å². The van der Waals surface area contributed by atoms with E-state index in [9.17, 15) is 0 Å². The van der Waals surface area contributed by atoms with E-state index in [1.54, 1.807) is 0 Å². The summed E-state index contributed by atoms with van der Waals surface area (Å²) in [4.78, 5) is 0. The molecule has 0 saturated heterocycles. The van der Waals surface area contributed by atoms with E-state index in [1.165, 1.54) is 31.2 Å². The molecular formula is C19H27N3O. The third-order valence-electron chi connectivity index (χ3n) is 4.59. The zero-order valence-electron chi connectivity index (χ0n) is 14.2. The smallest absolute Gasteiger partial charge is 0.212 e. The molecule has 1 aromatic heterocycles. The molecule has 2 aromatic rings. The summed E-state index contributed by atoms with van der Waals surface area (Å²) in [6, 6.07) is 12.9. The minimum atomic E-state index is 0.468. The molecular weight excluding hydrogens is 286 g/mol. The molecule has 124 valence electrons. The standard InChI is InChI=1S/C19H27N3O/c1-15-7-6-10-18(11-15)22-19(12-17(21-22)13-20-2)23-14-16-8-4-3-5-9-16/h3-5,8-9,12,15,18,20H,6-7,10-11,13-14H2,1-2H3/t15-,18-/m0/s1. The van der Waals surface area contributed by atoms with Crippen LogP contribution in [-0.2, 0) is 13.2 Å². The van der Waals surface area contributed by atoms with Crippen molar-refractivity contribution >= 4 is 0 Å². The number of rotatable bonds is 6. The monoisotopic (exact) mass is 313 g/mol. The van der Waals surface area contributed by atoms with Crippen LogP contribution in [-0.4, -0.2) is 16.8 Å². The van der Waals surface area contributed by atoms with E-state index in [1.807, 2.05) is 25.2 Å². The van der Waals surface area contributed by atoms with E-state index in [4.69, 9.17) is 9.84 Å². The van der Waals surface area contributed by atoms with Crippen LogP contribution in [0.2, 0.25) is 0 Å². The summed E-state index contributed by atoms with van der Waals surface area (Å²) in [5.41, 5.74) is 2.24. The second-order valence-electron chi connectivity index (χ2n) is 6.65. The highest BCUT2D eigenvalue weighted by molar-refractivity contribution is 5.19. The lowest BCUT2D eigenvalue weighted by atomic mass is 9.87. The Bertz CT molecular complexity index is 608. The predicted molar refractivity (Wildman–Crippen MR) is 92.4 cm³/mol. The SMILES string of the molecule is CNCc1cc(OCc2ccccc2)n([C@H]2CCC[C@H](C)C2)n1. The van der Waals surface area contributed by atoms with Crippen molar-refractivity contribution in [1.29, 1.82) is 0 Å². The lowest BCUT2D eigenvalue weighted by molar-refractivity contribution is 0.216. The van der Waals surface area contributed by atoms with Gasteiger partial charge in [-0.15, -0.1) is 0 Å². The Balaban J connectivity index is 1.76. The molecule has 0 spiro atoms. The van der Waals surface area contributed by atoms with Crippen molar-refractivity contribution in [3.63, 3.8) is 0 Å². The van der Waals surface area contributed by atoms with Crippen molar-refractivity contribution in [3.05, 3.63) is 47.7 Å². The predicted octanol–water partition coefficient (Wildman–Crippen LogP) is 3.93. The zero-order valence-corrected chi connectivity index (χ0v) is 14.2. The van der Waals surface area contributed by atoms with Crippen LogP contribution >= 0.6 is 0 Å². The van der Waals surface area contributed by atoms with Gasteiger partial charge in [0.15, 0.2) is 0 Å². The number of ether oxygens (including phenoxy) is 1. The summed E-state index contributed by atoms with van der Waals surface area (Å²) in [5.74, 6) is 1.67. The number of benzene rings is 1. The van der Waals surface area contributed by atoms with Crippen molar-refractivity contribution in [2.24, 2.45) is 5.92 Å². The average molecular weight is 313 g/mol. The van der Waals surface area contributed by atoms with Gasteiger partial charge in [0.25, 0.3) is 0 Å². The van der Waals surface area contributed by atoms with Gasteiger partial charge in [-0.2, -0.15) is 5.10 Å². The van der Waals surface area contributed by atoms with Gasteiger partial charge in [0.1, 0.15) is 6.61 Å². The first-order valence-corrected chi connectivity index (χ1v) is 8.66. The molecule has 4 heteroatoms. The minimum absolute atomic E-state index is 0.468. The molecule has 0 radical (unpaired) electrons. The summed E-state index contributed by atoms with van der Waals surface area (Å²) >= 11 is 0. The van der Waals surface area contributed by atoms with Gasteiger partial charge in [-0.05, 0) is 31.4 Å². The third-order valence-corrected chi connectivity index (χ3v) is 4.59. The van der Waals surface area contributed by atoms with Gasteiger partial charge in [0.05, 0.1) is 11.7 Å². The molecule has 4 nitrogen and oxygen atoms in total. The first-order valence-electron chi connectivity index (χ1n) is 8.66. The van der Waals surface area contributed by atoms with Crippen LogP contribution in [0.4, 0.5) is 0 Å². The summed E-state index contributed by atoms with van der Waals surface area (Å²) in [6.45, 7) is 3.71. The van der Waals surface area contributed by atoms with Gasteiger partial charge >= 0.3 is 0 Å². The number of aromatic nitrogens is 2. The van der Waals surface area contributed by atoms with Gasteiger partial charge in [0, 0.05) is 12.6 Å². The highest BCUT2D eigenvalue weighted by Gasteiger charge is 2.24. The van der Waals surface area contributed by atoms with Crippen molar-refractivity contribution in [2.45, 2.75) is 51.8 Å². The molecule has 1 aliphatic carbocycles. The molecule has 1 N–H and O–H groups in total. The highest BCUT2D eigenvalue weighted by atomic mass is 16.5. The molecule has 1 fully saturated rings. The van der Waals surface area contributed by atoms with Crippen molar-refractivity contribution < 1.29 is 4.74 Å². The maximum absolute atomic E-state index is 6.11. The maximum atomic E-state index is 6.11. The Labute approximate surface area is 138 Å². The first kappa shape index (κ1) is 16.1. The van der Waals surface area contributed by atoms with Crippen LogP contribution in [0.15, 0.2) is 36.4 Å². The molecule has 1 aliphatic rings. The molecule has 23 heavy (non-hydrogen) atoms. The lowest BCUT2D eigenvalue weighted by Gasteiger charge is -2.28. The Kier molecular flexibility index (Phi) is 5.34. The summed E-state index contributed by atoms with van der Waals surface area (Å²) in [7, 11) is 1.95. The second kappa shape index (κ2) is 7.64. The van der Waals surface area contributed by atoms with Gasteiger partial charge in [0.2, 0.25) is 5.88 Å². The van der Waals surface area contributed by atoms with Crippen LogP contribution in [0.1, 0.15) is 49.9 Å². The van der Waals surface area contributed by atoms with E-state index in [0.29, 0.717) is 12.6 Å². The van der Waals surface area contributed by atoms with Crippen molar-refractivity contribution in [1.82, 2.24) is 15.1 Å². The van der Waals surface area contributed by atoms with Gasteiger partial charge in [-0.3, -0.25) is 0 Å². The largest absolute Gasteiger partial charge is 0.473 e. The molecule has 1 saturated carbocycles. The number of nitrogens with zero attached hydrogens (tertiary/aromatic N) is 2.